The van der Waals surface area contributed by atoms with Crippen LogP contribution in [0.1, 0.15) is 40.5 Å². The maximum Gasteiger partial charge on any atom is 0.320 e. The average molecular weight is 272 g/mol. The van der Waals surface area contributed by atoms with E-state index in [4.69, 9.17) is 5.11 Å². The maximum absolute atomic E-state index is 11.9. The molecule has 2 unspecified atom stereocenters. The number of carbonyl (C=O) groups excluding carboxylic acids is 2. The number of Topliss-reactive ketones (excluding diaryl/α,β-unsaturated/α-hetero) is 2. The molecule has 6 nitrogen and oxygen atoms in total. The molecule has 19 heavy (non-hydrogen) atoms. The van der Waals surface area contributed by atoms with Crippen LogP contribution in [0.5, 0.6) is 0 Å². The summed E-state index contributed by atoms with van der Waals surface area (Å²) < 4.78 is 0. The van der Waals surface area contributed by atoms with Gasteiger partial charge in [0.2, 0.25) is 0 Å². The van der Waals surface area contributed by atoms with E-state index in [1.54, 1.807) is 27.8 Å². The topological polar surface area (TPSA) is 95.5 Å². The lowest BCUT2D eigenvalue weighted by Crippen LogP contribution is -2.47. The van der Waals surface area contributed by atoms with Crippen LogP contribution in [0.15, 0.2) is 0 Å². The molecule has 0 aliphatic carbocycles. The lowest BCUT2D eigenvalue weighted by atomic mass is 9.94. The van der Waals surface area contributed by atoms with E-state index in [2.05, 4.69) is 10.6 Å². The largest absolute Gasteiger partial charge is 0.480 e. The first-order valence-electron chi connectivity index (χ1n) is 6.33. The molecule has 0 aromatic carbocycles. The van der Waals surface area contributed by atoms with Gasteiger partial charge in [-0.2, -0.15) is 0 Å². The van der Waals surface area contributed by atoms with Gasteiger partial charge in [0, 0.05) is 6.42 Å². The van der Waals surface area contributed by atoms with Crippen molar-refractivity contribution in [3.63, 3.8) is 0 Å². The summed E-state index contributed by atoms with van der Waals surface area (Å²) in [7, 11) is 1.68. The lowest BCUT2D eigenvalue weighted by molar-refractivity contribution is -0.140. The van der Waals surface area contributed by atoms with Crippen molar-refractivity contribution in [1.29, 1.82) is 0 Å². The molecular weight excluding hydrogens is 248 g/mol. The van der Waals surface area contributed by atoms with E-state index in [0.717, 1.165) is 0 Å². The molecule has 0 saturated heterocycles. The fourth-order valence-corrected chi connectivity index (χ4v) is 1.42. The summed E-state index contributed by atoms with van der Waals surface area (Å²) in [5.41, 5.74) is -0.671. The van der Waals surface area contributed by atoms with Gasteiger partial charge in [-0.15, -0.1) is 0 Å². The molecule has 0 spiro atoms. The Kier molecular flexibility index (Phi) is 6.86. The number of ketones is 2. The molecule has 0 bridgehead atoms. The molecule has 0 fully saturated rings. The van der Waals surface area contributed by atoms with Crippen molar-refractivity contribution in [3.05, 3.63) is 0 Å². The van der Waals surface area contributed by atoms with Crippen molar-refractivity contribution in [3.8, 4) is 0 Å². The van der Waals surface area contributed by atoms with E-state index < -0.39 is 23.6 Å². The van der Waals surface area contributed by atoms with Gasteiger partial charge < -0.3 is 10.4 Å². The standard InChI is InChI=1S/C13H24N2O4/c1-8(9(2)16)15-10(12(18)19)6-7-11(17)13(3,4)14-5/h8,10,14-15H,6-7H2,1-5H3,(H,18,19). The molecular formula is C13H24N2O4. The lowest BCUT2D eigenvalue weighted by Gasteiger charge is -2.24. The van der Waals surface area contributed by atoms with E-state index in [1.165, 1.54) is 6.92 Å². The third-order valence-corrected chi connectivity index (χ3v) is 3.34. The van der Waals surface area contributed by atoms with E-state index in [0.29, 0.717) is 0 Å². The monoisotopic (exact) mass is 272 g/mol. The van der Waals surface area contributed by atoms with Crippen molar-refractivity contribution in [2.24, 2.45) is 0 Å². The summed E-state index contributed by atoms with van der Waals surface area (Å²) >= 11 is 0. The van der Waals surface area contributed by atoms with E-state index in [-0.39, 0.29) is 24.4 Å². The van der Waals surface area contributed by atoms with E-state index >= 15 is 0 Å². The average Bonchev–Trinajstić information content (AvgIpc) is 2.32. The molecule has 0 radical (unpaired) electrons. The summed E-state index contributed by atoms with van der Waals surface area (Å²) in [4.78, 5) is 34.1. The quantitative estimate of drug-likeness (QED) is 0.561. The van der Waals surface area contributed by atoms with Crippen molar-refractivity contribution in [1.82, 2.24) is 10.6 Å². The van der Waals surface area contributed by atoms with Gasteiger partial charge in [0.15, 0.2) is 5.78 Å². The number of carboxylic acid groups (broad SMARTS) is 1. The number of nitrogens with one attached hydrogen (secondary N) is 2. The first kappa shape index (κ1) is 17.7. The summed E-state index contributed by atoms with van der Waals surface area (Å²) in [6.07, 6.45) is 0.305. The zero-order valence-electron chi connectivity index (χ0n) is 12.2. The van der Waals surface area contributed by atoms with Gasteiger partial charge in [0.1, 0.15) is 11.8 Å². The molecule has 0 aliphatic rings. The minimum Gasteiger partial charge on any atom is -0.480 e. The van der Waals surface area contributed by atoms with Crippen LogP contribution in [-0.2, 0) is 14.4 Å². The fraction of sp³-hybridized carbons (Fsp3) is 0.769. The molecule has 2 atom stereocenters. The molecule has 0 rings (SSSR count). The minimum atomic E-state index is -1.05. The molecule has 0 aromatic rings. The van der Waals surface area contributed by atoms with E-state index in [9.17, 15) is 14.4 Å². The molecule has 110 valence electrons. The minimum absolute atomic E-state index is 0.0569. The highest BCUT2D eigenvalue weighted by Crippen LogP contribution is 2.10. The second kappa shape index (κ2) is 7.35. The van der Waals surface area contributed by atoms with Gasteiger partial charge in [-0.1, -0.05) is 0 Å². The molecule has 0 heterocycles. The predicted molar refractivity (Wildman–Crippen MR) is 72.1 cm³/mol. The van der Waals surface area contributed by atoms with Crippen molar-refractivity contribution in [2.75, 3.05) is 7.05 Å². The zero-order chi connectivity index (χ0) is 15.2. The van der Waals surface area contributed by atoms with Gasteiger partial charge in [-0.05, 0) is 41.2 Å². The van der Waals surface area contributed by atoms with Crippen molar-refractivity contribution >= 4 is 17.5 Å². The molecule has 0 amide bonds. The Bertz CT molecular complexity index is 353. The van der Waals surface area contributed by atoms with Crippen LogP contribution in [0, 0.1) is 0 Å². The number of carbonyl (C=O) groups is 3. The molecule has 0 aromatic heterocycles. The van der Waals surface area contributed by atoms with Crippen LogP contribution in [0.4, 0.5) is 0 Å². The van der Waals surface area contributed by atoms with Crippen LogP contribution < -0.4 is 10.6 Å². The van der Waals surface area contributed by atoms with Gasteiger partial charge in [0.25, 0.3) is 0 Å². The molecule has 0 saturated carbocycles. The Hall–Kier alpha value is -1.27. The SMILES string of the molecule is CNC(C)(C)C(=O)CCC(NC(C)C(C)=O)C(=O)O. The van der Waals surface area contributed by atoms with Crippen molar-refractivity contribution < 1.29 is 19.5 Å². The third-order valence-electron chi connectivity index (χ3n) is 3.34. The van der Waals surface area contributed by atoms with Gasteiger partial charge in [-0.25, -0.2) is 0 Å². The second-order valence-corrected chi connectivity index (χ2v) is 5.23. The van der Waals surface area contributed by atoms with Gasteiger partial charge in [-0.3, -0.25) is 19.7 Å². The summed E-state index contributed by atoms with van der Waals surface area (Å²) in [6.45, 7) is 6.50. The number of aliphatic carboxylic acids is 1. The highest BCUT2D eigenvalue weighted by molar-refractivity contribution is 5.88. The van der Waals surface area contributed by atoms with Crippen LogP contribution in [0.2, 0.25) is 0 Å². The Morgan fingerprint density at radius 3 is 2.16 bits per heavy atom. The zero-order valence-corrected chi connectivity index (χ0v) is 12.2. The van der Waals surface area contributed by atoms with Crippen LogP contribution in [-0.4, -0.2) is 47.3 Å². The normalized spacial score (nSPS) is 14.8. The number of carboxylic acids is 1. The van der Waals surface area contributed by atoms with Crippen molar-refractivity contribution in [2.45, 2.75) is 58.2 Å². The third kappa shape index (κ3) is 5.94. The fourth-order valence-electron chi connectivity index (χ4n) is 1.42. The molecule has 6 heteroatoms. The number of likely N-dealkylation sites (N-methyl/N-ethyl adjacent to an activating group) is 1. The number of hydrogen-bond acceptors (Lipinski definition) is 5. The maximum atomic E-state index is 11.9. The van der Waals surface area contributed by atoms with Gasteiger partial charge in [0.05, 0.1) is 11.6 Å². The Labute approximate surface area is 113 Å². The summed E-state index contributed by atoms with van der Waals surface area (Å²) in [5, 5.41) is 14.7. The molecule has 3 N–H and O–H groups in total. The Balaban J connectivity index is 4.50. The first-order chi connectivity index (χ1) is 8.61. The second-order valence-electron chi connectivity index (χ2n) is 5.23. The van der Waals surface area contributed by atoms with Crippen LogP contribution in [0.3, 0.4) is 0 Å². The first-order valence-corrected chi connectivity index (χ1v) is 6.33. The van der Waals surface area contributed by atoms with Gasteiger partial charge >= 0.3 is 5.97 Å². The summed E-state index contributed by atoms with van der Waals surface area (Å²) in [5.74, 6) is -1.24. The smallest absolute Gasteiger partial charge is 0.320 e. The number of rotatable bonds is 9. The highest BCUT2D eigenvalue weighted by Gasteiger charge is 2.28. The summed E-state index contributed by atoms with van der Waals surface area (Å²) in [6, 6.07) is -1.43. The number of hydrogen-bond donors (Lipinski definition) is 3. The van der Waals surface area contributed by atoms with Crippen LogP contribution in [0.25, 0.3) is 0 Å². The van der Waals surface area contributed by atoms with E-state index in [1.807, 2.05) is 0 Å². The highest BCUT2D eigenvalue weighted by atomic mass is 16.4. The predicted octanol–water partition coefficient (Wildman–Crippen LogP) is 0.354. The van der Waals surface area contributed by atoms with Crippen LogP contribution >= 0.6 is 0 Å². The Morgan fingerprint density at radius 2 is 1.79 bits per heavy atom. The Morgan fingerprint density at radius 1 is 1.26 bits per heavy atom. The molecule has 0 aliphatic heterocycles.